The number of rotatable bonds is 8. The summed E-state index contributed by atoms with van der Waals surface area (Å²) in [5.41, 5.74) is 0. The summed E-state index contributed by atoms with van der Waals surface area (Å²) in [7, 11) is 0. The van der Waals surface area contributed by atoms with Crippen molar-refractivity contribution in [2.75, 3.05) is 5.75 Å². The van der Waals surface area contributed by atoms with Gasteiger partial charge in [-0.05, 0) is 31.4 Å². The molecule has 2 aromatic heterocycles. The van der Waals surface area contributed by atoms with Gasteiger partial charge in [0.25, 0.3) is 0 Å². The van der Waals surface area contributed by atoms with Crippen LogP contribution < -0.4 is 5.32 Å². The third-order valence-electron chi connectivity index (χ3n) is 3.36. The van der Waals surface area contributed by atoms with E-state index in [2.05, 4.69) is 29.4 Å². The van der Waals surface area contributed by atoms with E-state index in [1.807, 2.05) is 30.5 Å². The van der Waals surface area contributed by atoms with Crippen molar-refractivity contribution in [2.45, 2.75) is 51.9 Å². The lowest BCUT2D eigenvalue weighted by Gasteiger charge is -2.13. The number of hydrogen-bond donors (Lipinski definition) is 1. The summed E-state index contributed by atoms with van der Waals surface area (Å²) in [5.74, 6) is 2.18. The van der Waals surface area contributed by atoms with Crippen molar-refractivity contribution in [2.24, 2.45) is 5.92 Å². The summed E-state index contributed by atoms with van der Waals surface area (Å²) in [4.78, 5) is 11.9. The van der Waals surface area contributed by atoms with E-state index in [0.29, 0.717) is 23.3 Å². The number of carbonyl (C=O) groups excluding carboxylic acids is 1. The van der Waals surface area contributed by atoms with Crippen molar-refractivity contribution >= 4 is 17.7 Å². The molecular formula is C16H24N4O2S. The predicted molar refractivity (Wildman–Crippen MR) is 91.2 cm³/mol. The van der Waals surface area contributed by atoms with Gasteiger partial charge >= 0.3 is 0 Å². The van der Waals surface area contributed by atoms with Crippen LogP contribution in [0.25, 0.3) is 11.6 Å². The van der Waals surface area contributed by atoms with Crippen LogP contribution in [0.3, 0.4) is 0 Å². The predicted octanol–water partition coefficient (Wildman–Crippen LogP) is 3.20. The van der Waals surface area contributed by atoms with Crippen LogP contribution in [0.2, 0.25) is 0 Å². The number of amides is 1. The molecule has 0 aliphatic carbocycles. The summed E-state index contributed by atoms with van der Waals surface area (Å²) < 4.78 is 7.45. The lowest BCUT2D eigenvalue weighted by Crippen LogP contribution is -2.33. The Kier molecular flexibility index (Phi) is 6.27. The van der Waals surface area contributed by atoms with Crippen molar-refractivity contribution in [1.29, 1.82) is 0 Å². The minimum absolute atomic E-state index is 0.0167. The van der Waals surface area contributed by atoms with E-state index in [9.17, 15) is 4.79 Å². The molecule has 23 heavy (non-hydrogen) atoms. The Balaban J connectivity index is 2.11. The van der Waals surface area contributed by atoms with Crippen LogP contribution in [0, 0.1) is 5.92 Å². The van der Waals surface area contributed by atoms with Crippen molar-refractivity contribution in [1.82, 2.24) is 20.1 Å². The third-order valence-corrected chi connectivity index (χ3v) is 4.33. The van der Waals surface area contributed by atoms with Crippen LogP contribution in [-0.2, 0) is 11.3 Å². The molecule has 0 aliphatic rings. The molecule has 2 aromatic rings. The molecule has 0 bridgehead atoms. The highest BCUT2D eigenvalue weighted by molar-refractivity contribution is 7.99. The summed E-state index contributed by atoms with van der Waals surface area (Å²) in [6, 6.07) is 3.89. The largest absolute Gasteiger partial charge is 0.461 e. The molecule has 0 aromatic carbocycles. The molecule has 0 aliphatic heterocycles. The lowest BCUT2D eigenvalue weighted by molar-refractivity contribution is -0.119. The normalized spacial score (nSPS) is 12.6. The zero-order chi connectivity index (χ0) is 16.8. The Hall–Kier alpha value is -1.76. The van der Waals surface area contributed by atoms with Gasteiger partial charge in [-0.3, -0.25) is 9.36 Å². The van der Waals surface area contributed by atoms with Crippen LogP contribution in [0.15, 0.2) is 28.0 Å². The van der Waals surface area contributed by atoms with Gasteiger partial charge in [0, 0.05) is 12.6 Å². The molecule has 0 fully saturated rings. The van der Waals surface area contributed by atoms with Gasteiger partial charge in [0.05, 0.1) is 12.0 Å². The second-order valence-electron chi connectivity index (χ2n) is 5.95. The van der Waals surface area contributed by atoms with Gasteiger partial charge in [0.1, 0.15) is 0 Å². The molecule has 1 N–H and O–H groups in total. The fourth-order valence-electron chi connectivity index (χ4n) is 2.06. The van der Waals surface area contributed by atoms with Gasteiger partial charge in [-0.15, -0.1) is 10.2 Å². The van der Waals surface area contributed by atoms with Gasteiger partial charge in [0.2, 0.25) is 5.91 Å². The fraction of sp³-hybridized carbons (Fsp3) is 0.562. The minimum atomic E-state index is 0.0167. The average Bonchev–Trinajstić information content (AvgIpc) is 3.14. The Morgan fingerprint density at radius 1 is 1.39 bits per heavy atom. The third kappa shape index (κ3) is 4.86. The van der Waals surface area contributed by atoms with Gasteiger partial charge in [-0.25, -0.2) is 0 Å². The summed E-state index contributed by atoms with van der Waals surface area (Å²) >= 11 is 1.40. The first-order valence-corrected chi connectivity index (χ1v) is 8.89. The smallest absolute Gasteiger partial charge is 0.230 e. The summed E-state index contributed by atoms with van der Waals surface area (Å²) in [6.07, 6.45) is 2.54. The van der Waals surface area contributed by atoms with Crippen LogP contribution in [0.5, 0.6) is 0 Å². The van der Waals surface area contributed by atoms with Crippen molar-refractivity contribution in [3.05, 3.63) is 18.4 Å². The van der Waals surface area contributed by atoms with E-state index in [1.165, 1.54) is 11.8 Å². The first-order valence-electron chi connectivity index (χ1n) is 7.90. The Morgan fingerprint density at radius 3 is 2.78 bits per heavy atom. The number of carbonyl (C=O) groups is 1. The van der Waals surface area contributed by atoms with Crippen LogP contribution in [0.1, 0.15) is 34.1 Å². The van der Waals surface area contributed by atoms with Gasteiger partial charge in [-0.2, -0.15) is 0 Å². The number of nitrogens with one attached hydrogen (secondary N) is 1. The first-order chi connectivity index (χ1) is 11.0. The summed E-state index contributed by atoms with van der Waals surface area (Å²) in [5, 5.41) is 12.2. The molecule has 1 atom stereocenters. The lowest BCUT2D eigenvalue weighted by atomic mass is 10.2. The number of furan rings is 1. The zero-order valence-corrected chi connectivity index (χ0v) is 14.9. The minimum Gasteiger partial charge on any atom is -0.461 e. The molecule has 2 rings (SSSR count). The van der Waals surface area contributed by atoms with E-state index >= 15 is 0 Å². The molecule has 0 radical (unpaired) electrons. The van der Waals surface area contributed by atoms with E-state index in [1.54, 1.807) is 6.26 Å². The Labute approximate surface area is 141 Å². The molecule has 1 amide bonds. The fourth-order valence-corrected chi connectivity index (χ4v) is 2.82. The highest BCUT2D eigenvalue weighted by Crippen LogP contribution is 2.25. The Bertz CT molecular complexity index is 622. The molecule has 0 saturated carbocycles. The van der Waals surface area contributed by atoms with E-state index in [4.69, 9.17) is 4.42 Å². The second kappa shape index (κ2) is 8.19. The SMILES string of the molecule is CCC(C)NC(=O)CSc1nnc(-c2ccco2)n1CC(C)C. The number of thioether (sulfide) groups is 1. The molecule has 0 spiro atoms. The molecule has 126 valence electrons. The maximum Gasteiger partial charge on any atom is 0.230 e. The van der Waals surface area contributed by atoms with Crippen LogP contribution in [-0.4, -0.2) is 32.5 Å². The standard InChI is InChI=1S/C16H24N4O2S/c1-5-12(4)17-14(21)10-23-16-19-18-15(13-7-6-8-22-13)20(16)9-11(2)3/h6-8,11-12H,5,9-10H2,1-4H3,(H,17,21). The van der Waals surface area contributed by atoms with E-state index in [-0.39, 0.29) is 11.9 Å². The molecule has 6 nitrogen and oxygen atoms in total. The van der Waals surface area contributed by atoms with Gasteiger partial charge in [0.15, 0.2) is 16.7 Å². The number of hydrogen-bond acceptors (Lipinski definition) is 5. The molecule has 0 saturated heterocycles. The molecular weight excluding hydrogens is 312 g/mol. The van der Waals surface area contributed by atoms with E-state index < -0.39 is 0 Å². The van der Waals surface area contributed by atoms with Gasteiger partial charge in [-0.1, -0.05) is 32.5 Å². The highest BCUT2D eigenvalue weighted by atomic mass is 32.2. The molecule has 7 heteroatoms. The van der Waals surface area contributed by atoms with Gasteiger partial charge < -0.3 is 9.73 Å². The van der Waals surface area contributed by atoms with Crippen LogP contribution in [0.4, 0.5) is 0 Å². The zero-order valence-electron chi connectivity index (χ0n) is 14.1. The first kappa shape index (κ1) is 17.6. The maximum atomic E-state index is 11.9. The number of nitrogens with zero attached hydrogens (tertiary/aromatic N) is 3. The molecule has 2 heterocycles. The monoisotopic (exact) mass is 336 g/mol. The van der Waals surface area contributed by atoms with Crippen molar-refractivity contribution < 1.29 is 9.21 Å². The molecule has 1 unspecified atom stereocenters. The second-order valence-corrected chi connectivity index (χ2v) is 6.90. The van der Waals surface area contributed by atoms with Crippen LogP contribution >= 0.6 is 11.8 Å². The number of aromatic nitrogens is 3. The Morgan fingerprint density at radius 2 is 2.17 bits per heavy atom. The van der Waals surface area contributed by atoms with Crippen molar-refractivity contribution in [3.8, 4) is 11.6 Å². The highest BCUT2D eigenvalue weighted by Gasteiger charge is 2.18. The van der Waals surface area contributed by atoms with Crippen molar-refractivity contribution in [3.63, 3.8) is 0 Å². The average molecular weight is 336 g/mol. The summed E-state index contributed by atoms with van der Waals surface area (Å²) in [6.45, 7) is 9.09. The maximum absolute atomic E-state index is 11.9. The topological polar surface area (TPSA) is 73.0 Å². The van der Waals surface area contributed by atoms with E-state index in [0.717, 1.165) is 18.1 Å². The quantitative estimate of drug-likeness (QED) is 0.749.